The van der Waals surface area contributed by atoms with Crippen LogP contribution in [0.1, 0.15) is 112 Å². The van der Waals surface area contributed by atoms with Gasteiger partial charge in [-0.2, -0.15) is 8.42 Å². The largest absolute Gasteiger partial charge is 0.744 e. The summed E-state index contributed by atoms with van der Waals surface area (Å²) in [4.78, 5) is 0.145. The molecule has 3 atom stereocenters. The summed E-state index contributed by atoms with van der Waals surface area (Å²) in [5.41, 5.74) is 2.72. The monoisotopic (exact) mass is 633 g/mol. The molecule has 8 rings (SSSR count). The maximum atomic E-state index is 15.0. The Morgan fingerprint density at radius 3 is 2.20 bits per heavy atom. The number of hydrogen-bond acceptors (Lipinski definition) is 6. The van der Waals surface area contributed by atoms with Gasteiger partial charge < -0.3 is 8.74 Å². The van der Waals surface area contributed by atoms with E-state index in [9.17, 15) is 21.4 Å². The minimum absolute atomic E-state index is 0.181. The predicted octanol–water partition coefficient (Wildman–Crippen LogP) is 7.91. The van der Waals surface area contributed by atoms with Crippen molar-refractivity contribution in [2.24, 2.45) is 17.8 Å². The van der Waals surface area contributed by atoms with Crippen molar-refractivity contribution in [1.29, 1.82) is 0 Å². The summed E-state index contributed by atoms with van der Waals surface area (Å²) in [7, 11) is -9.03. The van der Waals surface area contributed by atoms with Gasteiger partial charge in [-0.15, -0.1) is 0 Å². The Kier molecular flexibility index (Phi) is 6.96. The van der Waals surface area contributed by atoms with Crippen molar-refractivity contribution in [3.63, 3.8) is 0 Å². The Morgan fingerprint density at radius 1 is 0.795 bits per heavy atom. The number of hydrogen-bond donors (Lipinski definition) is 0. The first-order chi connectivity index (χ1) is 21.1. The lowest BCUT2D eigenvalue weighted by molar-refractivity contribution is 0.396. The van der Waals surface area contributed by atoms with E-state index < -0.39 is 20.2 Å². The van der Waals surface area contributed by atoms with Gasteiger partial charge in [0, 0.05) is 5.56 Å². The van der Waals surface area contributed by atoms with Crippen molar-refractivity contribution >= 4 is 31.0 Å². The first-order valence-electron chi connectivity index (χ1n) is 16.7. The van der Waals surface area contributed by atoms with Crippen molar-refractivity contribution in [3.05, 3.63) is 64.7 Å². The Labute approximate surface area is 261 Å². The second-order valence-electron chi connectivity index (χ2n) is 14.5. The molecule has 6 nitrogen and oxygen atoms in total. The Morgan fingerprint density at radius 2 is 1.55 bits per heavy atom. The fraction of sp³-hybridized carbons (Fsp3) is 0.556. The van der Waals surface area contributed by atoms with Crippen LogP contribution in [0.5, 0.6) is 5.75 Å². The van der Waals surface area contributed by atoms with Crippen LogP contribution in [0.4, 0.5) is 0 Å². The van der Waals surface area contributed by atoms with Crippen LogP contribution in [-0.2, 0) is 38.5 Å². The lowest BCUT2D eigenvalue weighted by Gasteiger charge is -2.34. The second-order valence-corrected chi connectivity index (χ2v) is 17.4. The molecule has 3 aromatic rings. The summed E-state index contributed by atoms with van der Waals surface area (Å²) in [6, 6.07) is 13.1. The van der Waals surface area contributed by atoms with Crippen LogP contribution in [0.15, 0.2) is 52.3 Å². The van der Waals surface area contributed by atoms with E-state index in [0.717, 1.165) is 92.5 Å². The van der Waals surface area contributed by atoms with Crippen molar-refractivity contribution in [1.82, 2.24) is 0 Å². The van der Waals surface area contributed by atoms with Gasteiger partial charge in [-0.05, 0) is 152 Å². The lowest BCUT2D eigenvalue weighted by atomic mass is 9.73. The van der Waals surface area contributed by atoms with Crippen LogP contribution < -0.4 is 4.18 Å². The molecule has 8 heteroatoms. The molecule has 0 aromatic heterocycles. The fourth-order valence-corrected chi connectivity index (χ4v) is 12.5. The van der Waals surface area contributed by atoms with Crippen molar-refractivity contribution in [2.75, 3.05) is 0 Å². The first kappa shape index (κ1) is 29.0. The summed E-state index contributed by atoms with van der Waals surface area (Å²) in [5, 5.41) is 2.13. The third-order valence-corrected chi connectivity index (χ3v) is 14.4. The summed E-state index contributed by atoms with van der Waals surface area (Å²) < 4.78 is 73.0. The molecule has 0 amide bonds. The lowest BCUT2D eigenvalue weighted by Crippen LogP contribution is -2.28. The van der Waals surface area contributed by atoms with E-state index in [1.54, 1.807) is 0 Å². The molecule has 3 unspecified atom stereocenters. The molecule has 0 spiro atoms. The quantitative estimate of drug-likeness (QED) is 0.202. The highest BCUT2D eigenvalue weighted by molar-refractivity contribution is 7.87. The Balaban J connectivity index is 1.35. The molecular formula is C36H41O6S2-. The molecule has 0 heterocycles. The van der Waals surface area contributed by atoms with Gasteiger partial charge in [0.1, 0.15) is 20.8 Å². The van der Waals surface area contributed by atoms with Gasteiger partial charge in [0.15, 0.2) is 0 Å². The van der Waals surface area contributed by atoms with Crippen LogP contribution in [0.3, 0.4) is 0 Å². The zero-order chi connectivity index (χ0) is 30.3. The molecule has 44 heavy (non-hydrogen) atoms. The van der Waals surface area contributed by atoms with Gasteiger partial charge in [0.05, 0.1) is 4.90 Å². The summed E-state index contributed by atoms with van der Waals surface area (Å²) in [6.45, 7) is 0. The molecule has 4 bridgehead atoms. The van der Waals surface area contributed by atoms with Crippen molar-refractivity contribution < 1.29 is 25.6 Å². The first-order valence-corrected chi connectivity index (χ1v) is 19.6. The topological polar surface area (TPSA) is 101 Å². The molecule has 5 aliphatic carbocycles. The average molecular weight is 634 g/mol. The minimum Gasteiger partial charge on any atom is -0.744 e. The highest BCUT2D eigenvalue weighted by Crippen LogP contribution is 2.61. The van der Waals surface area contributed by atoms with Gasteiger partial charge in [0.2, 0.25) is 0 Å². The standard InChI is InChI=1S/C36H42O6S2/c37-43(38,39)33-14-13-32(28-9-3-1-2-4-10-29(28)33)42-44(40,41)35-31(30-20-24-11-12-26(30)19-24)21-25-7-5-6-8-27(25)34(35)36-17-15-23(22-36)16-18-36/h5-8,13-14,21,23-24,26,30H,1-4,9-12,15-20,22H2,(H,37,38,39)/p-1. The molecule has 0 aliphatic heterocycles. The van der Waals surface area contributed by atoms with E-state index in [2.05, 4.69) is 24.3 Å². The summed E-state index contributed by atoms with van der Waals surface area (Å²) >= 11 is 0. The van der Waals surface area contributed by atoms with E-state index in [-0.39, 0.29) is 22.0 Å². The number of benzene rings is 3. The van der Waals surface area contributed by atoms with Crippen LogP contribution in [0.2, 0.25) is 0 Å². The Bertz CT molecular complexity index is 1850. The molecular weight excluding hydrogens is 593 g/mol. The zero-order valence-electron chi connectivity index (χ0n) is 25.2. The van der Waals surface area contributed by atoms with Gasteiger partial charge in [-0.25, -0.2) is 8.42 Å². The van der Waals surface area contributed by atoms with Crippen molar-refractivity contribution in [3.8, 4) is 5.75 Å². The van der Waals surface area contributed by atoms with E-state index in [4.69, 9.17) is 4.18 Å². The summed E-state index contributed by atoms with van der Waals surface area (Å²) in [6.07, 6.45) is 14.2. The number of fused-ring (bicyclic) bond motifs is 6. The molecule has 4 fully saturated rings. The molecule has 3 aromatic carbocycles. The maximum Gasteiger partial charge on any atom is 0.339 e. The normalized spacial score (nSPS) is 29.9. The second kappa shape index (κ2) is 10.6. The van der Waals surface area contributed by atoms with Crippen LogP contribution >= 0.6 is 0 Å². The van der Waals surface area contributed by atoms with E-state index in [1.165, 1.54) is 25.0 Å². The fourth-order valence-electron chi connectivity index (χ4n) is 10.2. The summed E-state index contributed by atoms with van der Waals surface area (Å²) in [5.74, 6) is 2.15. The molecule has 0 saturated heterocycles. The average Bonchev–Trinajstić information content (AvgIpc) is 3.78. The van der Waals surface area contributed by atoms with E-state index in [0.29, 0.717) is 46.6 Å². The predicted molar refractivity (Wildman–Crippen MR) is 168 cm³/mol. The van der Waals surface area contributed by atoms with Crippen molar-refractivity contribution in [2.45, 2.75) is 117 Å². The van der Waals surface area contributed by atoms with Crippen LogP contribution in [0.25, 0.3) is 10.8 Å². The van der Waals surface area contributed by atoms with Gasteiger partial charge in [-0.1, -0.05) is 43.5 Å². The SMILES string of the molecule is O=S(=O)([O-])c1ccc(OS(=O)(=O)c2c(C3CC4CCC3C4)cc3ccccc3c2C23CCC(CC2)C3)c2c1CCCCCC2. The van der Waals surface area contributed by atoms with E-state index in [1.807, 2.05) is 6.07 Å². The van der Waals surface area contributed by atoms with Crippen LogP contribution in [0, 0.1) is 17.8 Å². The number of rotatable bonds is 6. The molecule has 4 saturated carbocycles. The highest BCUT2D eigenvalue weighted by atomic mass is 32.2. The zero-order valence-corrected chi connectivity index (χ0v) is 26.9. The Hall–Kier alpha value is -2.42. The third kappa shape index (κ3) is 4.73. The van der Waals surface area contributed by atoms with E-state index >= 15 is 0 Å². The third-order valence-electron chi connectivity index (χ3n) is 12.1. The van der Waals surface area contributed by atoms with Gasteiger partial charge in [-0.3, -0.25) is 0 Å². The molecule has 5 aliphatic rings. The minimum atomic E-state index is -4.71. The highest BCUT2D eigenvalue weighted by Gasteiger charge is 2.51. The van der Waals surface area contributed by atoms with Gasteiger partial charge >= 0.3 is 10.1 Å². The van der Waals surface area contributed by atoms with Crippen LogP contribution in [-0.4, -0.2) is 21.4 Å². The van der Waals surface area contributed by atoms with Gasteiger partial charge in [0.25, 0.3) is 0 Å². The molecule has 234 valence electrons. The maximum absolute atomic E-state index is 15.0. The molecule has 0 radical (unpaired) electrons. The molecule has 0 N–H and O–H groups in total. The smallest absolute Gasteiger partial charge is 0.339 e.